The number of nitrogens with zero attached hydrogens (tertiary/aromatic N) is 1. The van der Waals surface area contributed by atoms with Crippen molar-refractivity contribution in [3.63, 3.8) is 0 Å². The van der Waals surface area contributed by atoms with E-state index in [4.69, 9.17) is 21.6 Å². The molecule has 5 N–H and O–H groups in total. The number of ether oxygens (including phenoxy) is 1. The number of amidine groups is 1. The van der Waals surface area contributed by atoms with E-state index < -0.39 is 5.91 Å². The smallest absolute Gasteiger partial charge is 0.253 e. The van der Waals surface area contributed by atoms with E-state index >= 15 is 0 Å². The number of carbonyl (C=O) groups excluding carboxylic acids is 2. The highest BCUT2D eigenvalue weighted by Crippen LogP contribution is 2.13. The van der Waals surface area contributed by atoms with Crippen LogP contribution in [0.1, 0.15) is 26.3 Å². The minimum atomic E-state index is -0.534. The molecule has 0 aliphatic carbocycles. The van der Waals surface area contributed by atoms with Crippen molar-refractivity contribution < 1.29 is 14.3 Å². The lowest BCUT2D eigenvalue weighted by atomic mass is 10.1. The van der Waals surface area contributed by atoms with Crippen LogP contribution in [0.2, 0.25) is 0 Å². The van der Waals surface area contributed by atoms with Crippen molar-refractivity contribution >= 4 is 17.6 Å². The lowest BCUT2D eigenvalue weighted by Crippen LogP contribution is -2.31. The predicted molar refractivity (Wildman–Crippen MR) is 94.9 cm³/mol. The fourth-order valence-corrected chi connectivity index (χ4v) is 2.15. The minimum Gasteiger partial charge on any atom is -0.492 e. The Balaban J connectivity index is 1.90. The Bertz CT molecular complexity index is 787. The van der Waals surface area contributed by atoms with E-state index in [2.05, 4.69) is 0 Å². The zero-order valence-corrected chi connectivity index (χ0v) is 13.9. The average Bonchev–Trinajstić information content (AvgIpc) is 2.61. The maximum atomic E-state index is 12.3. The standard InChI is InChI=1S/C18H20N4O3/c1-22(18(24)13-7-5-12(6-8-13)17(21)23)9-10-25-15-4-2-3-14(11-15)16(19)20/h2-8,11H,9-10H2,1H3,(H3,19,20)(H2,21,23). The molecule has 0 fully saturated rings. The molecular weight excluding hydrogens is 320 g/mol. The first kappa shape index (κ1) is 18.0. The van der Waals surface area contributed by atoms with E-state index in [0.29, 0.717) is 35.6 Å². The predicted octanol–water partition coefficient (Wildman–Crippen LogP) is 1.22. The lowest BCUT2D eigenvalue weighted by molar-refractivity contribution is 0.0773. The summed E-state index contributed by atoms with van der Waals surface area (Å²) in [7, 11) is 1.67. The van der Waals surface area contributed by atoms with Crippen LogP contribution >= 0.6 is 0 Å². The van der Waals surface area contributed by atoms with E-state index in [1.165, 1.54) is 17.0 Å². The van der Waals surface area contributed by atoms with Crippen LogP contribution in [0.5, 0.6) is 5.75 Å². The van der Waals surface area contributed by atoms with Crippen LogP contribution in [0.4, 0.5) is 0 Å². The summed E-state index contributed by atoms with van der Waals surface area (Å²) in [4.78, 5) is 24.9. The molecule has 0 heterocycles. The van der Waals surface area contributed by atoms with E-state index in [9.17, 15) is 9.59 Å². The van der Waals surface area contributed by atoms with Gasteiger partial charge in [-0.3, -0.25) is 15.0 Å². The summed E-state index contributed by atoms with van der Waals surface area (Å²) >= 11 is 0. The number of carbonyl (C=O) groups is 2. The van der Waals surface area contributed by atoms with Gasteiger partial charge in [0.05, 0.1) is 6.54 Å². The fraction of sp³-hybridized carbons (Fsp3) is 0.167. The highest BCUT2D eigenvalue weighted by Gasteiger charge is 2.12. The van der Waals surface area contributed by atoms with Crippen molar-refractivity contribution in [1.29, 1.82) is 5.41 Å². The largest absolute Gasteiger partial charge is 0.492 e. The molecule has 2 rings (SSSR count). The first-order valence-corrected chi connectivity index (χ1v) is 7.61. The normalized spacial score (nSPS) is 10.1. The number of hydrogen-bond donors (Lipinski definition) is 3. The molecule has 0 saturated carbocycles. The summed E-state index contributed by atoms with van der Waals surface area (Å²) in [5.74, 6) is -0.165. The quantitative estimate of drug-likeness (QED) is 0.518. The Kier molecular flexibility index (Phi) is 5.73. The van der Waals surface area contributed by atoms with E-state index in [0.717, 1.165) is 0 Å². The van der Waals surface area contributed by atoms with Crippen LogP contribution in [-0.4, -0.2) is 42.7 Å². The SMILES string of the molecule is CN(CCOc1cccc(C(=N)N)c1)C(=O)c1ccc(C(N)=O)cc1. The van der Waals surface area contributed by atoms with Gasteiger partial charge in [-0.05, 0) is 36.4 Å². The van der Waals surface area contributed by atoms with Gasteiger partial charge < -0.3 is 21.1 Å². The minimum absolute atomic E-state index is 0.0304. The van der Waals surface area contributed by atoms with Crippen molar-refractivity contribution in [2.45, 2.75) is 0 Å². The molecule has 0 aliphatic heterocycles. The Morgan fingerprint density at radius 3 is 2.28 bits per heavy atom. The molecule has 0 unspecified atom stereocenters. The Morgan fingerprint density at radius 2 is 1.68 bits per heavy atom. The number of rotatable bonds is 7. The maximum absolute atomic E-state index is 12.3. The number of benzene rings is 2. The molecule has 2 amide bonds. The number of nitrogens with two attached hydrogens (primary N) is 2. The van der Waals surface area contributed by atoms with E-state index in [1.54, 1.807) is 43.4 Å². The van der Waals surface area contributed by atoms with Gasteiger partial charge in [-0.15, -0.1) is 0 Å². The fourth-order valence-electron chi connectivity index (χ4n) is 2.15. The van der Waals surface area contributed by atoms with Crippen molar-refractivity contribution in [2.75, 3.05) is 20.2 Å². The van der Waals surface area contributed by atoms with Crippen molar-refractivity contribution in [1.82, 2.24) is 4.90 Å². The average molecular weight is 340 g/mol. The molecule has 7 heteroatoms. The van der Waals surface area contributed by atoms with Gasteiger partial charge in [0, 0.05) is 23.7 Å². The first-order chi connectivity index (χ1) is 11.9. The number of nitrogen functional groups attached to an aromatic ring is 1. The second-order valence-electron chi connectivity index (χ2n) is 5.46. The number of amides is 2. The van der Waals surface area contributed by atoms with Gasteiger partial charge in [-0.2, -0.15) is 0 Å². The number of likely N-dealkylation sites (N-methyl/N-ethyl adjacent to an activating group) is 1. The summed E-state index contributed by atoms with van der Waals surface area (Å²) in [5, 5.41) is 7.41. The third kappa shape index (κ3) is 4.81. The molecule has 7 nitrogen and oxygen atoms in total. The number of primary amides is 1. The number of hydrogen-bond acceptors (Lipinski definition) is 4. The molecular formula is C18H20N4O3. The molecule has 0 radical (unpaired) electrons. The van der Waals surface area contributed by atoms with E-state index in [1.807, 2.05) is 0 Å². The molecule has 25 heavy (non-hydrogen) atoms. The molecule has 0 aliphatic rings. The van der Waals surface area contributed by atoms with Crippen LogP contribution in [0.3, 0.4) is 0 Å². The van der Waals surface area contributed by atoms with Gasteiger partial charge in [0.15, 0.2) is 0 Å². The van der Waals surface area contributed by atoms with Crippen LogP contribution in [-0.2, 0) is 0 Å². The maximum Gasteiger partial charge on any atom is 0.253 e. The first-order valence-electron chi connectivity index (χ1n) is 7.61. The highest BCUT2D eigenvalue weighted by molar-refractivity contribution is 5.97. The van der Waals surface area contributed by atoms with Gasteiger partial charge in [-0.1, -0.05) is 12.1 Å². The Hall–Kier alpha value is -3.35. The summed E-state index contributed by atoms with van der Waals surface area (Å²) in [6, 6.07) is 13.1. The molecule has 0 atom stereocenters. The van der Waals surface area contributed by atoms with Crippen molar-refractivity contribution in [3.8, 4) is 5.75 Å². The summed E-state index contributed by atoms with van der Waals surface area (Å²) in [6.07, 6.45) is 0. The third-order valence-electron chi connectivity index (χ3n) is 3.60. The van der Waals surface area contributed by atoms with Gasteiger partial charge in [0.25, 0.3) is 5.91 Å². The van der Waals surface area contributed by atoms with Gasteiger partial charge in [0.1, 0.15) is 18.2 Å². The van der Waals surface area contributed by atoms with E-state index in [-0.39, 0.29) is 11.7 Å². The zero-order chi connectivity index (χ0) is 18.4. The molecule has 0 spiro atoms. The molecule has 130 valence electrons. The second kappa shape index (κ2) is 7.96. The van der Waals surface area contributed by atoms with Gasteiger partial charge >= 0.3 is 0 Å². The van der Waals surface area contributed by atoms with Gasteiger partial charge in [0.2, 0.25) is 5.91 Å². The number of nitrogens with one attached hydrogen (secondary N) is 1. The Labute approximate surface area is 145 Å². The van der Waals surface area contributed by atoms with Crippen LogP contribution in [0.25, 0.3) is 0 Å². The topological polar surface area (TPSA) is 122 Å². The lowest BCUT2D eigenvalue weighted by Gasteiger charge is -2.18. The highest BCUT2D eigenvalue weighted by atomic mass is 16.5. The summed E-state index contributed by atoms with van der Waals surface area (Å²) in [5.41, 5.74) is 12.0. The van der Waals surface area contributed by atoms with Crippen LogP contribution < -0.4 is 16.2 Å². The molecule has 2 aromatic carbocycles. The van der Waals surface area contributed by atoms with Crippen molar-refractivity contribution in [2.24, 2.45) is 11.5 Å². The molecule has 0 aromatic heterocycles. The monoisotopic (exact) mass is 340 g/mol. The zero-order valence-electron chi connectivity index (χ0n) is 13.9. The van der Waals surface area contributed by atoms with Crippen LogP contribution in [0.15, 0.2) is 48.5 Å². The molecule has 2 aromatic rings. The summed E-state index contributed by atoms with van der Waals surface area (Å²) < 4.78 is 5.60. The molecule has 0 saturated heterocycles. The Morgan fingerprint density at radius 1 is 1.04 bits per heavy atom. The van der Waals surface area contributed by atoms with Crippen LogP contribution in [0, 0.1) is 5.41 Å². The van der Waals surface area contributed by atoms with Crippen molar-refractivity contribution in [3.05, 3.63) is 65.2 Å². The third-order valence-corrected chi connectivity index (χ3v) is 3.60. The summed E-state index contributed by atoms with van der Waals surface area (Å²) in [6.45, 7) is 0.670. The molecule has 0 bridgehead atoms. The second-order valence-corrected chi connectivity index (χ2v) is 5.46. The van der Waals surface area contributed by atoms with Gasteiger partial charge in [-0.25, -0.2) is 0 Å².